The van der Waals surface area contributed by atoms with Gasteiger partial charge in [0.2, 0.25) is 0 Å². The minimum Gasteiger partial charge on any atom is -0.466 e. The van der Waals surface area contributed by atoms with Gasteiger partial charge in [-0.15, -0.1) is 0 Å². The molecule has 22 heavy (non-hydrogen) atoms. The predicted molar refractivity (Wildman–Crippen MR) is 89.4 cm³/mol. The third kappa shape index (κ3) is 5.88. The van der Waals surface area contributed by atoms with Gasteiger partial charge in [-0.05, 0) is 57.9 Å². The number of rotatable bonds is 10. The second-order valence-electron chi connectivity index (χ2n) is 5.15. The van der Waals surface area contributed by atoms with Crippen molar-refractivity contribution in [3.63, 3.8) is 0 Å². The number of nitrogens with zero attached hydrogens (tertiary/aromatic N) is 1. The summed E-state index contributed by atoms with van der Waals surface area (Å²) in [5.41, 5.74) is 1.89. The fraction of sp³-hybridized carbons (Fsp3) is 0.556. The number of anilines is 1. The molecule has 0 N–H and O–H groups in total. The van der Waals surface area contributed by atoms with Gasteiger partial charge in [0.25, 0.3) is 0 Å². The maximum absolute atomic E-state index is 12.1. The molecule has 0 unspecified atom stereocenters. The van der Waals surface area contributed by atoms with Crippen LogP contribution in [0.15, 0.2) is 24.3 Å². The van der Waals surface area contributed by atoms with Gasteiger partial charge in [0, 0.05) is 37.2 Å². The molecule has 0 spiro atoms. The lowest BCUT2D eigenvalue weighted by molar-refractivity contribution is -0.143. The minimum atomic E-state index is -0.182. The van der Waals surface area contributed by atoms with Gasteiger partial charge in [0.15, 0.2) is 5.78 Å². The molecule has 0 radical (unpaired) electrons. The summed E-state index contributed by atoms with van der Waals surface area (Å²) in [7, 11) is 0. The lowest BCUT2D eigenvalue weighted by atomic mass is 10.0. The van der Waals surface area contributed by atoms with Crippen molar-refractivity contribution >= 4 is 17.4 Å². The molecule has 4 nitrogen and oxygen atoms in total. The van der Waals surface area contributed by atoms with E-state index in [2.05, 4.69) is 18.7 Å². The molecule has 0 heterocycles. The Morgan fingerprint density at radius 3 is 2.09 bits per heavy atom. The summed E-state index contributed by atoms with van der Waals surface area (Å²) in [4.78, 5) is 25.6. The number of unbranched alkanes of at least 4 members (excludes halogenated alkanes) is 1. The van der Waals surface area contributed by atoms with Crippen LogP contribution in [0, 0.1) is 0 Å². The lowest BCUT2D eigenvalue weighted by Gasteiger charge is -2.21. The van der Waals surface area contributed by atoms with Gasteiger partial charge in [-0.3, -0.25) is 9.59 Å². The molecule has 0 saturated heterocycles. The molecule has 0 aliphatic carbocycles. The first-order valence-corrected chi connectivity index (χ1v) is 8.16. The number of ketones is 1. The standard InChI is InChI=1S/C18H27NO3/c1-4-19(5-2)16-13-11-15(12-14-16)17(20)9-7-8-10-18(21)22-6-3/h11-14H,4-10H2,1-3H3. The van der Waals surface area contributed by atoms with E-state index in [-0.39, 0.29) is 11.8 Å². The zero-order valence-corrected chi connectivity index (χ0v) is 13.9. The third-order valence-electron chi connectivity index (χ3n) is 3.66. The SMILES string of the molecule is CCOC(=O)CCCCC(=O)c1ccc(N(CC)CC)cc1. The van der Waals surface area contributed by atoms with Gasteiger partial charge >= 0.3 is 5.97 Å². The molecule has 1 aromatic rings. The predicted octanol–water partition coefficient (Wildman–Crippen LogP) is 3.84. The molecule has 0 amide bonds. The Kier molecular flexibility index (Phi) is 8.26. The molecular weight excluding hydrogens is 278 g/mol. The maximum atomic E-state index is 12.1. The smallest absolute Gasteiger partial charge is 0.305 e. The quantitative estimate of drug-likeness (QED) is 0.374. The van der Waals surface area contributed by atoms with E-state index < -0.39 is 0 Å². The van der Waals surface area contributed by atoms with Gasteiger partial charge < -0.3 is 9.64 Å². The van der Waals surface area contributed by atoms with Crippen molar-refractivity contribution in [2.24, 2.45) is 0 Å². The first-order valence-electron chi connectivity index (χ1n) is 8.16. The van der Waals surface area contributed by atoms with E-state index in [0.717, 1.165) is 30.8 Å². The first kappa shape index (κ1) is 18.2. The number of benzene rings is 1. The summed E-state index contributed by atoms with van der Waals surface area (Å²) < 4.78 is 4.86. The van der Waals surface area contributed by atoms with Crippen molar-refractivity contribution in [1.29, 1.82) is 0 Å². The van der Waals surface area contributed by atoms with Gasteiger partial charge in [-0.1, -0.05) is 0 Å². The van der Waals surface area contributed by atoms with E-state index in [9.17, 15) is 9.59 Å². The highest BCUT2D eigenvalue weighted by atomic mass is 16.5. The number of ether oxygens (including phenoxy) is 1. The fourth-order valence-electron chi connectivity index (χ4n) is 2.38. The van der Waals surface area contributed by atoms with Crippen LogP contribution in [-0.4, -0.2) is 31.4 Å². The number of Topliss-reactive ketones (excluding diaryl/α,β-unsaturated/α-hetero) is 1. The highest BCUT2D eigenvalue weighted by molar-refractivity contribution is 5.96. The highest BCUT2D eigenvalue weighted by Crippen LogP contribution is 2.16. The Bertz CT molecular complexity index is 464. The topological polar surface area (TPSA) is 46.6 Å². The first-order chi connectivity index (χ1) is 10.6. The van der Waals surface area contributed by atoms with Gasteiger partial charge in [-0.2, -0.15) is 0 Å². The summed E-state index contributed by atoms with van der Waals surface area (Å²) in [6, 6.07) is 7.78. The Labute approximate surface area is 133 Å². The zero-order chi connectivity index (χ0) is 16.4. The molecular formula is C18H27NO3. The van der Waals surface area contributed by atoms with E-state index in [1.807, 2.05) is 24.3 Å². The van der Waals surface area contributed by atoms with E-state index >= 15 is 0 Å². The van der Waals surface area contributed by atoms with Crippen molar-refractivity contribution in [2.75, 3.05) is 24.6 Å². The molecule has 4 heteroatoms. The van der Waals surface area contributed by atoms with Crippen LogP contribution in [0.25, 0.3) is 0 Å². The lowest BCUT2D eigenvalue weighted by Crippen LogP contribution is -2.21. The Morgan fingerprint density at radius 2 is 1.55 bits per heavy atom. The fourth-order valence-corrected chi connectivity index (χ4v) is 2.38. The average Bonchev–Trinajstić information content (AvgIpc) is 2.53. The second kappa shape index (κ2) is 9.98. The average molecular weight is 305 g/mol. The summed E-state index contributed by atoms with van der Waals surface area (Å²) in [5.74, 6) is -0.0477. The van der Waals surface area contributed by atoms with Crippen molar-refractivity contribution in [3.8, 4) is 0 Å². The van der Waals surface area contributed by atoms with Crippen LogP contribution < -0.4 is 4.90 Å². The molecule has 0 bridgehead atoms. The Hall–Kier alpha value is -1.84. The monoisotopic (exact) mass is 305 g/mol. The zero-order valence-electron chi connectivity index (χ0n) is 13.9. The Morgan fingerprint density at radius 1 is 0.955 bits per heavy atom. The molecule has 0 atom stereocenters. The van der Waals surface area contributed by atoms with Crippen molar-refractivity contribution in [3.05, 3.63) is 29.8 Å². The molecule has 0 aliphatic rings. The number of carbonyl (C=O) groups is 2. The highest BCUT2D eigenvalue weighted by Gasteiger charge is 2.08. The van der Waals surface area contributed by atoms with Crippen LogP contribution >= 0.6 is 0 Å². The largest absolute Gasteiger partial charge is 0.466 e. The van der Waals surface area contributed by atoms with Crippen LogP contribution in [-0.2, 0) is 9.53 Å². The molecule has 0 aliphatic heterocycles. The number of hydrogen-bond donors (Lipinski definition) is 0. The van der Waals surface area contributed by atoms with E-state index in [1.54, 1.807) is 6.92 Å². The number of esters is 1. The summed E-state index contributed by atoms with van der Waals surface area (Å²) >= 11 is 0. The van der Waals surface area contributed by atoms with E-state index in [4.69, 9.17) is 4.74 Å². The van der Waals surface area contributed by atoms with Crippen LogP contribution in [0.4, 0.5) is 5.69 Å². The van der Waals surface area contributed by atoms with Crippen LogP contribution in [0.2, 0.25) is 0 Å². The Balaban J connectivity index is 2.41. The summed E-state index contributed by atoms with van der Waals surface area (Å²) in [5, 5.41) is 0. The summed E-state index contributed by atoms with van der Waals surface area (Å²) in [6.07, 6.45) is 2.28. The molecule has 0 saturated carbocycles. The molecule has 1 aromatic carbocycles. The van der Waals surface area contributed by atoms with Crippen LogP contribution in [0.1, 0.15) is 56.8 Å². The van der Waals surface area contributed by atoms with Crippen molar-refractivity contribution in [2.45, 2.75) is 46.5 Å². The van der Waals surface area contributed by atoms with Crippen LogP contribution in [0.3, 0.4) is 0 Å². The van der Waals surface area contributed by atoms with Crippen molar-refractivity contribution in [1.82, 2.24) is 0 Å². The van der Waals surface area contributed by atoms with Crippen molar-refractivity contribution < 1.29 is 14.3 Å². The molecule has 1 rings (SSSR count). The normalized spacial score (nSPS) is 10.3. The van der Waals surface area contributed by atoms with Gasteiger partial charge in [0.05, 0.1) is 6.61 Å². The van der Waals surface area contributed by atoms with E-state index in [0.29, 0.717) is 25.9 Å². The van der Waals surface area contributed by atoms with Crippen LogP contribution in [0.5, 0.6) is 0 Å². The van der Waals surface area contributed by atoms with Gasteiger partial charge in [0.1, 0.15) is 0 Å². The molecule has 0 fully saturated rings. The van der Waals surface area contributed by atoms with Gasteiger partial charge in [-0.25, -0.2) is 0 Å². The maximum Gasteiger partial charge on any atom is 0.305 e. The third-order valence-corrected chi connectivity index (χ3v) is 3.66. The summed E-state index contributed by atoms with van der Waals surface area (Å²) in [6.45, 7) is 8.35. The number of carbonyl (C=O) groups excluding carboxylic acids is 2. The molecule has 122 valence electrons. The van der Waals surface area contributed by atoms with E-state index in [1.165, 1.54) is 0 Å². The molecule has 0 aromatic heterocycles. The minimum absolute atomic E-state index is 0.134. The second-order valence-corrected chi connectivity index (χ2v) is 5.15. The number of hydrogen-bond acceptors (Lipinski definition) is 4.